The number of aryl methyl sites for hydroxylation is 1. The van der Waals surface area contributed by atoms with Gasteiger partial charge in [0.2, 0.25) is 0 Å². The van der Waals surface area contributed by atoms with E-state index >= 15 is 0 Å². The van der Waals surface area contributed by atoms with E-state index in [1.807, 2.05) is 25.1 Å². The Morgan fingerprint density at radius 2 is 1.62 bits per heavy atom. The van der Waals surface area contributed by atoms with Crippen molar-refractivity contribution in [2.75, 3.05) is 24.3 Å². The van der Waals surface area contributed by atoms with Gasteiger partial charge in [-0.1, -0.05) is 6.07 Å². The third-order valence-corrected chi connectivity index (χ3v) is 2.68. The fourth-order valence-electron chi connectivity index (χ4n) is 1.50. The van der Waals surface area contributed by atoms with Crippen molar-refractivity contribution in [3.63, 3.8) is 0 Å². The molecule has 0 unspecified atom stereocenters. The van der Waals surface area contributed by atoms with Crippen molar-refractivity contribution in [2.45, 2.75) is 6.92 Å². The predicted octanol–water partition coefficient (Wildman–Crippen LogP) is 2.35. The van der Waals surface area contributed by atoms with Crippen molar-refractivity contribution in [2.24, 2.45) is 0 Å². The van der Waals surface area contributed by atoms with Gasteiger partial charge in [0.05, 0.1) is 29.5 Å². The van der Waals surface area contributed by atoms with E-state index in [0.29, 0.717) is 17.1 Å². The number of ether oxygens (including phenoxy) is 1. The molecule has 2 aromatic rings. The fourth-order valence-corrected chi connectivity index (χ4v) is 1.50. The Morgan fingerprint density at radius 3 is 2.10 bits per heavy atom. The summed E-state index contributed by atoms with van der Waals surface area (Å²) in [7, 11) is 1.44. The van der Waals surface area contributed by atoms with Gasteiger partial charge in [0.1, 0.15) is 11.4 Å². The molecule has 0 atom stereocenters. The Labute approximate surface area is 122 Å². The van der Waals surface area contributed by atoms with Gasteiger partial charge in [-0.2, -0.15) is 0 Å². The van der Waals surface area contributed by atoms with Crippen LogP contribution in [0.5, 0.6) is 5.75 Å². The first-order chi connectivity index (χ1) is 9.85. The minimum absolute atomic E-state index is 0.130. The summed E-state index contributed by atoms with van der Waals surface area (Å²) in [5, 5.41) is 10.4. The molecule has 0 saturated heterocycles. The molecule has 6 N–H and O–H groups in total. The molecule has 0 aliphatic carbocycles. The molecule has 0 saturated carbocycles. The number of nitro groups is 1. The maximum absolute atomic E-state index is 10.4. The third-order valence-electron chi connectivity index (χ3n) is 2.68. The molecule has 0 heterocycles. The molecular weight excluding hydrogens is 272 g/mol. The number of nitro benzene ring substituents is 1. The third kappa shape index (κ3) is 4.57. The number of nitrogens with zero attached hydrogens (tertiary/aromatic N) is 1. The number of hydrogen-bond donors (Lipinski definition) is 3. The lowest BCUT2D eigenvalue weighted by atomic mass is 10.2. The van der Waals surface area contributed by atoms with Crippen molar-refractivity contribution < 1.29 is 9.66 Å². The summed E-state index contributed by atoms with van der Waals surface area (Å²) in [4.78, 5) is 9.82. The van der Waals surface area contributed by atoms with Gasteiger partial charge in [-0.15, -0.1) is 0 Å². The Bertz CT molecular complexity index is 644. The van der Waals surface area contributed by atoms with Crippen molar-refractivity contribution in [3.05, 3.63) is 52.1 Å². The maximum Gasteiger partial charge on any atom is 0.295 e. The zero-order chi connectivity index (χ0) is 16.0. The number of nitrogen functional groups attached to an aromatic ring is 3. The van der Waals surface area contributed by atoms with E-state index in [9.17, 15) is 10.1 Å². The van der Waals surface area contributed by atoms with E-state index in [-0.39, 0.29) is 11.4 Å². The van der Waals surface area contributed by atoms with Gasteiger partial charge in [0, 0.05) is 0 Å². The number of hydrogen-bond acceptors (Lipinski definition) is 6. The lowest BCUT2D eigenvalue weighted by Crippen LogP contribution is -1.95. The molecule has 0 aliphatic heterocycles. The molecule has 0 amide bonds. The molecule has 0 fully saturated rings. The van der Waals surface area contributed by atoms with Crippen molar-refractivity contribution in [1.82, 2.24) is 0 Å². The Balaban J connectivity index is 0.000000219. The van der Waals surface area contributed by atoms with Gasteiger partial charge >= 0.3 is 0 Å². The first-order valence-corrected chi connectivity index (χ1v) is 6.04. The van der Waals surface area contributed by atoms with E-state index in [4.69, 9.17) is 21.9 Å². The number of methoxy groups -OCH3 is 1. The zero-order valence-corrected chi connectivity index (χ0v) is 11.9. The molecule has 0 aliphatic rings. The molecule has 21 heavy (non-hydrogen) atoms. The minimum Gasteiger partial charge on any atom is -0.496 e. The normalized spacial score (nSPS) is 9.43. The summed E-state index contributed by atoms with van der Waals surface area (Å²) >= 11 is 0. The molecule has 2 aromatic carbocycles. The summed E-state index contributed by atoms with van der Waals surface area (Å²) in [5.74, 6) is 0.427. The fraction of sp³-hybridized carbons (Fsp3) is 0.143. The highest BCUT2D eigenvalue weighted by Crippen LogP contribution is 2.25. The summed E-state index contributed by atoms with van der Waals surface area (Å²) in [6.45, 7) is 1.98. The van der Waals surface area contributed by atoms with Crippen LogP contribution >= 0.6 is 0 Å². The maximum atomic E-state index is 10.4. The van der Waals surface area contributed by atoms with Crippen LogP contribution in [0.3, 0.4) is 0 Å². The second-order valence-corrected chi connectivity index (χ2v) is 4.31. The Hall–Kier alpha value is -2.96. The SMILES string of the molecule is COc1ccc(N)c([N+](=O)[O-])c1.Cc1ccc(N)c(N)c1. The number of rotatable bonds is 2. The molecule has 0 bridgehead atoms. The van der Waals surface area contributed by atoms with Gasteiger partial charge in [-0.05, 0) is 36.8 Å². The minimum atomic E-state index is -0.544. The van der Waals surface area contributed by atoms with Crippen LogP contribution in [0.4, 0.5) is 22.7 Å². The van der Waals surface area contributed by atoms with E-state index < -0.39 is 4.92 Å². The van der Waals surface area contributed by atoms with E-state index in [0.717, 1.165) is 5.56 Å². The van der Waals surface area contributed by atoms with Crippen LogP contribution in [0.25, 0.3) is 0 Å². The Morgan fingerprint density at radius 1 is 1.00 bits per heavy atom. The van der Waals surface area contributed by atoms with Crippen LogP contribution in [-0.2, 0) is 0 Å². The average molecular weight is 290 g/mol. The number of anilines is 3. The number of benzene rings is 2. The van der Waals surface area contributed by atoms with E-state index in [2.05, 4.69) is 0 Å². The molecule has 7 heteroatoms. The highest BCUT2D eigenvalue weighted by molar-refractivity contribution is 5.63. The Kier molecular flexibility index (Phi) is 5.36. The van der Waals surface area contributed by atoms with Gasteiger partial charge in [0.25, 0.3) is 5.69 Å². The van der Waals surface area contributed by atoms with E-state index in [1.165, 1.54) is 19.2 Å². The number of nitrogens with two attached hydrogens (primary N) is 3. The second kappa shape index (κ2) is 6.99. The molecule has 112 valence electrons. The lowest BCUT2D eigenvalue weighted by Gasteiger charge is -2.00. The highest BCUT2D eigenvalue weighted by atomic mass is 16.6. The first-order valence-electron chi connectivity index (χ1n) is 6.04. The van der Waals surface area contributed by atoms with Crippen LogP contribution in [-0.4, -0.2) is 12.0 Å². The first kappa shape index (κ1) is 16.1. The molecule has 7 nitrogen and oxygen atoms in total. The van der Waals surface area contributed by atoms with Crippen molar-refractivity contribution in [1.29, 1.82) is 0 Å². The quantitative estimate of drug-likeness (QED) is 0.442. The van der Waals surface area contributed by atoms with Crippen LogP contribution in [0.2, 0.25) is 0 Å². The summed E-state index contributed by atoms with van der Waals surface area (Å²) in [6, 6.07) is 9.90. The topological polar surface area (TPSA) is 130 Å². The average Bonchev–Trinajstić information content (AvgIpc) is 2.44. The standard InChI is InChI=1S/C7H8N2O3.C7H10N2/c1-12-5-2-3-6(8)7(4-5)9(10)11;1-5-2-3-6(8)7(9)4-5/h2-4H,8H2,1H3;2-4H,8-9H2,1H3. The van der Waals surface area contributed by atoms with Gasteiger partial charge < -0.3 is 21.9 Å². The smallest absolute Gasteiger partial charge is 0.295 e. The van der Waals surface area contributed by atoms with E-state index in [1.54, 1.807) is 6.07 Å². The summed E-state index contributed by atoms with van der Waals surface area (Å²) in [6.07, 6.45) is 0. The summed E-state index contributed by atoms with van der Waals surface area (Å²) < 4.78 is 4.80. The predicted molar refractivity (Wildman–Crippen MR) is 84.1 cm³/mol. The second-order valence-electron chi connectivity index (χ2n) is 4.31. The lowest BCUT2D eigenvalue weighted by molar-refractivity contribution is -0.384. The van der Waals surface area contributed by atoms with Crippen LogP contribution in [0, 0.1) is 17.0 Å². The molecule has 0 radical (unpaired) electrons. The van der Waals surface area contributed by atoms with Crippen LogP contribution in [0.1, 0.15) is 5.56 Å². The zero-order valence-electron chi connectivity index (χ0n) is 11.9. The van der Waals surface area contributed by atoms with Crippen molar-refractivity contribution >= 4 is 22.7 Å². The highest BCUT2D eigenvalue weighted by Gasteiger charge is 2.11. The van der Waals surface area contributed by atoms with Gasteiger partial charge in [-0.3, -0.25) is 10.1 Å². The van der Waals surface area contributed by atoms with Crippen LogP contribution in [0.15, 0.2) is 36.4 Å². The molecule has 0 spiro atoms. The molecule has 2 rings (SSSR count). The molecular formula is C14H18N4O3. The van der Waals surface area contributed by atoms with Crippen molar-refractivity contribution in [3.8, 4) is 5.75 Å². The monoisotopic (exact) mass is 290 g/mol. The largest absolute Gasteiger partial charge is 0.496 e. The molecule has 0 aromatic heterocycles. The summed E-state index contributed by atoms with van der Waals surface area (Å²) in [5.41, 5.74) is 18.8. The van der Waals surface area contributed by atoms with Gasteiger partial charge in [-0.25, -0.2) is 0 Å². The van der Waals surface area contributed by atoms with Gasteiger partial charge in [0.15, 0.2) is 0 Å². The van der Waals surface area contributed by atoms with Crippen LogP contribution < -0.4 is 21.9 Å².